The summed E-state index contributed by atoms with van der Waals surface area (Å²) in [6.07, 6.45) is 0. The largest absolute Gasteiger partial charge is 0.496 e. The average molecular weight is 407 g/mol. The van der Waals surface area contributed by atoms with Crippen molar-refractivity contribution >= 4 is 16.7 Å². The first kappa shape index (κ1) is 20.0. The highest BCUT2D eigenvalue weighted by atomic mass is 16.5. The van der Waals surface area contributed by atoms with Crippen LogP contribution in [0.1, 0.15) is 0 Å². The molecule has 30 heavy (non-hydrogen) atoms. The first-order valence-electron chi connectivity index (χ1n) is 9.93. The lowest BCUT2D eigenvalue weighted by Gasteiger charge is -2.26. The molecule has 0 bridgehead atoms. The van der Waals surface area contributed by atoms with E-state index in [9.17, 15) is 4.79 Å². The number of carbonyl (C=O) groups excluding carboxylic acids is 1. The predicted molar refractivity (Wildman–Crippen MR) is 115 cm³/mol. The van der Waals surface area contributed by atoms with Gasteiger partial charge in [-0.1, -0.05) is 24.3 Å². The molecule has 1 heterocycles. The smallest absolute Gasteiger partial charge is 0.260 e. The highest BCUT2D eigenvalue weighted by Crippen LogP contribution is 2.39. The Kier molecular flexibility index (Phi) is 6.05. The second-order valence-electron chi connectivity index (χ2n) is 7.04. The molecule has 4 rings (SSSR count). The molecule has 1 amide bonds. The summed E-state index contributed by atoms with van der Waals surface area (Å²) >= 11 is 0. The quantitative estimate of drug-likeness (QED) is 0.623. The molecule has 3 aromatic carbocycles. The van der Waals surface area contributed by atoms with Gasteiger partial charge in [0.1, 0.15) is 17.2 Å². The summed E-state index contributed by atoms with van der Waals surface area (Å²) in [5.74, 6) is 2.18. The monoisotopic (exact) mass is 407 g/mol. The van der Waals surface area contributed by atoms with Crippen LogP contribution in [0.5, 0.6) is 17.2 Å². The molecule has 0 saturated carbocycles. The molecule has 0 spiro atoms. The van der Waals surface area contributed by atoms with Gasteiger partial charge in [-0.3, -0.25) is 4.79 Å². The highest BCUT2D eigenvalue weighted by molar-refractivity contribution is 5.90. The minimum Gasteiger partial charge on any atom is -0.496 e. The maximum absolute atomic E-state index is 12.3. The number of carbonyl (C=O) groups is 1. The van der Waals surface area contributed by atoms with Crippen LogP contribution < -0.4 is 14.2 Å². The Balaban J connectivity index is 1.54. The molecule has 0 aliphatic carbocycles. The van der Waals surface area contributed by atoms with Crippen LogP contribution in [0.2, 0.25) is 0 Å². The molecule has 0 unspecified atom stereocenters. The zero-order valence-electron chi connectivity index (χ0n) is 17.2. The van der Waals surface area contributed by atoms with E-state index in [1.807, 2.05) is 48.5 Å². The molecule has 1 aliphatic heterocycles. The second-order valence-corrected chi connectivity index (χ2v) is 7.04. The van der Waals surface area contributed by atoms with Crippen LogP contribution >= 0.6 is 0 Å². The fraction of sp³-hybridized carbons (Fsp3) is 0.292. The van der Waals surface area contributed by atoms with Crippen molar-refractivity contribution in [3.8, 4) is 28.4 Å². The second kappa shape index (κ2) is 9.05. The molecular weight excluding hydrogens is 382 g/mol. The van der Waals surface area contributed by atoms with E-state index < -0.39 is 0 Å². The number of methoxy groups -OCH3 is 2. The van der Waals surface area contributed by atoms with E-state index in [0.717, 1.165) is 33.4 Å². The third-order valence-electron chi connectivity index (χ3n) is 5.25. The Labute approximate surface area is 175 Å². The lowest BCUT2D eigenvalue weighted by Crippen LogP contribution is -2.42. The van der Waals surface area contributed by atoms with E-state index in [1.165, 1.54) is 0 Å². The van der Waals surface area contributed by atoms with Crippen LogP contribution in [0.3, 0.4) is 0 Å². The predicted octanol–water partition coefficient (Wildman–Crippen LogP) is 3.76. The molecule has 1 saturated heterocycles. The van der Waals surface area contributed by atoms with Gasteiger partial charge in [-0.25, -0.2) is 0 Å². The maximum atomic E-state index is 12.3. The Bertz CT molecular complexity index is 1020. The van der Waals surface area contributed by atoms with Crippen molar-refractivity contribution in [2.75, 3.05) is 47.1 Å². The van der Waals surface area contributed by atoms with Crippen LogP contribution in [-0.4, -0.2) is 57.9 Å². The van der Waals surface area contributed by atoms with Gasteiger partial charge >= 0.3 is 0 Å². The summed E-state index contributed by atoms with van der Waals surface area (Å²) in [4.78, 5) is 14.1. The number of hydrogen-bond donors (Lipinski definition) is 0. The number of rotatable bonds is 6. The van der Waals surface area contributed by atoms with Gasteiger partial charge in [0.05, 0.1) is 33.0 Å². The van der Waals surface area contributed by atoms with Crippen molar-refractivity contribution in [3.63, 3.8) is 0 Å². The third-order valence-corrected chi connectivity index (χ3v) is 5.25. The Morgan fingerprint density at radius 1 is 0.933 bits per heavy atom. The van der Waals surface area contributed by atoms with Crippen LogP contribution in [-0.2, 0) is 9.53 Å². The summed E-state index contributed by atoms with van der Waals surface area (Å²) < 4.78 is 22.1. The first-order valence-corrected chi connectivity index (χ1v) is 9.93. The normalized spacial score (nSPS) is 13.9. The van der Waals surface area contributed by atoms with Gasteiger partial charge in [-0.05, 0) is 46.7 Å². The van der Waals surface area contributed by atoms with Gasteiger partial charge in [-0.2, -0.15) is 0 Å². The number of nitrogens with zero attached hydrogens (tertiary/aromatic N) is 1. The van der Waals surface area contributed by atoms with Gasteiger partial charge in [-0.15, -0.1) is 0 Å². The molecule has 1 aliphatic rings. The number of ether oxygens (including phenoxy) is 4. The molecule has 6 heteroatoms. The average Bonchev–Trinajstić information content (AvgIpc) is 2.82. The lowest BCUT2D eigenvalue weighted by atomic mass is 9.99. The number of amides is 1. The Morgan fingerprint density at radius 2 is 1.60 bits per heavy atom. The van der Waals surface area contributed by atoms with E-state index in [1.54, 1.807) is 19.1 Å². The van der Waals surface area contributed by atoms with E-state index in [-0.39, 0.29) is 12.5 Å². The fourth-order valence-corrected chi connectivity index (χ4v) is 3.65. The fourth-order valence-electron chi connectivity index (χ4n) is 3.65. The summed E-state index contributed by atoms with van der Waals surface area (Å²) in [6, 6.07) is 17.7. The molecule has 6 nitrogen and oxygen atoms in total. The lowest BCUT2D eigenvalue weighted by molar-refractivity contribution is -0.137. The number of fused-ring (bicyclic) bond motifs is 1. The molecule has 0 N–H and O–H groups in total. The van der Waals surface area contributed by atoms with Crippen molar-refractivity contribution in [2.24, 2.45) is 0 Å². The molecule has 156 valence electrons. The van der Waals surface area contributed by atoms with Gasteiger partial charge in [0.15, 0.2) is 6.61 Å². The van der Waals surface area contributed by atoms with Gasteiger partial charge < -0.3 is 23.8 Å². The van der Waals surface area contributed by atoms with Crippen LogP contribution in [0, 0.1) is 0 Å². The zero-order chi connectivity index (χ0) is 20.9. The SMILES string of the molecule is COc1cccc(OC)c1-c1ccc2cc(OCC(=O)N3CCOCC3)ccc2c1. The zero-order valence-corrected chi connectivity index (χ0v) is 17.2. The molecule has 3 aromatic rings. The number of hydrogen-bond acceptors (Lipinski definition) is 5. The third kappa shape index (κ3) is 4.19. The van der Waals surface area contributed by atoms with Crippen LogP contribution in [0.25, 0.3) is 21.9 Å². The molecule has 0 aromatic heterocycles. The first-order chi connectivity index (χ1) is 14.7. The highest BCUT2D eigenvalue weighted by Gasteiger charge is 2.17. The molecule has 0 radical (unpaired) electrons. The summed E-state index contributed by atoms with van der Waals surface area (Å²) in [7, 11) is 3.31. The van der Waals surface area contributed by atoms with E-state index >= 15 is 0 Å². The van der Waals surface area contributed by atoms with Gasteiger partial charge in [0.25, 0.3) is 5.91 Å². The molecular formula is C24H25NO5. The topological polar surface area (TPSA) is 57.2 Å². The Hall–Kier alpha value is -3.25. The minimum atomic E-state index is -0.0167. The van der Waals surface area contributed by atoms with Crippen molar-refractivity contribution in [1.29, 1.82) is 0 Å². The Morgan fingerprint density at radius 3 is 2.30 bits per heavy atom. The number of morpholine rings is 1. The van der Waals surface area contributed by atoms with Crippen molar-refractivity contribution in [1.82, 2.24) is 4.90 Å². The summed E-state index contributed by atoms with van der Waals surface area (Å²) in [5.41, 5.74) is 1.92. The van der Waals surface area contributed by atoms with Crippen LogP contribution in [0.4, 0.5) is 0 Å². The van der Waals surface area contributed by atoms with Crippen LogP contribution in [0.15, 0.2) is 54.6 Å². The van der Waals surface area contributed by atoms with E-state index in [2.05, 4.69) is 6.07 Å². The summed E-state index contributed by atoms with van der Waals surface area (Å²) in [5, 5.41) is 2.09. The van der Waals surface area contributed by atoms with E-state index in [4.69, 9.17) is 18.9 Å². The summed E-state index contributed by atoms with van der Waals surface area (Å²) in [6.45, 7) is 2.44. The van der Waals surface area contributed by atoms with Crippen molar-refractivity contribution < 1.29 is 23.7 Å². The van der Waals surface area contributed by atoms with Crippen molar-refractivity contribution in [3.05, 3.63) is 54.6 Å². The van der Waals surface area contributed by atoms with Gasteiger partial charge in [0, 0.05) is 13.1 Å². The maximum Gasteiger partial charge on any atom is 0.260 e. The number of benzene rings is 3. The minimum absolute atomic E-state index is 0.0167. The standard InChI is InChI=1S/C24H25NO5/c1-27-21-4-3-5-22(28-2)24(21)19-7-6-18-15-20(9-8-17(18)14-19)30-16-23(26)25-10-12-29-13-11-25/h3-9,14-15H,10-13,16H2,1-2H3. The van der Waals surface area contributed by atoms with E-state index in [0.29, 0.717) is 32.1 Å². The molecule has 1 fully saturated rings. The van der Waals surface area contributed by atoms with Crippen molar-refractivity contribution in [2.45, 2.75) is 0 Å². The van der Waals surface area contributed by atoms with Gasteiger partial charge in [0.2, 0.25) is 0 Å². The molecule has 0 atom stereocenters.